The third kappa shape index (κ3) is 3.76. The van der Waals surface area contributed by atoms with Crippen molar-refractivity contribution in [1.82, 2.24) is 4.98 Å². The van der Waals surface area contributed by atoms with Gasteiger partial charge in [0.15, 0.2) is 0 Å². The van der Waals surface area contributed by atoms with Crippen LogP contribution in [0.25, 0.3) is 0 Å². The number of pyridine rings is 1. The van der Waals surface area contributed by atoms with E-state index in [9.17, 15) is 0 Å². The number of rotatable bonds is 5. The lowest BCUT2D eigenvalue weighted by molar-refractivity contribution is 0.801. The van der Waals surface area contributed by atoms with Gasteiger partial charge in [0, 0.05) is 18.3 Å². The molecule has 3 N–H and O–H groups in total. The molecule has 0 saturated heterocycles. The molecule has 0 aliphatic heterocycles. The minimum atomic E-state index is 0.390. The SMILES string of the molecule is CC(CNc1cc(C(N)=S)ccn1)c1ccccc1. The molecule has 0 spiro atoms. The highest BCUT2D eigenvalue weighted by atomic mass is 32.1. The largest absolute Gasteiger partial charge is 0.389 e. The first-order chi connectivity index (χ1) is 9.16. The van der Waals surface area contributed by atoms with E-state index in [-0.39, 0.29) is 0 Å². The fraction of sp³-hybridized carbons (Fsp3) is 0.200. The van der Waals surface area contributed by atoms with Crippen molar-refractivity contribution in [1.29, 1.82) is 0 Å². The van der Waals surface area contributed by atoms with Crippen molar-refractivity contribution in [2.45, 2.75) is 12.8 Å². The van der Waals surface area contributed by atoms with Crippen LogP contribution in [0.5, 0.6) is 0 Å². The summed E-state index contributed by atoms with van der Waals surface area (Å²) in [6.45, 7) is 3.00. The molecule has 4 heteroatoms. The fourth-order valence-electron chi connectivity index (χ4n) is 1.84. The van der Waals surface area contributed by atoms with Gasteiger partial charge >= 0.3 is 0 Å². The Bertz CT molecular complexity index is 554. The van der Waals surface area contributed by atoms with Gasteiger partial charge in [0.05, 0.1) is 0 Å². The molecule has 1 aromatic heterocycles. The van der Waals surface area contributed by atoms with Gasteiger partial charge in [0.1, 0.15) is 10.8 Å². The van der Waals surface area contributed by atoms with E-state index in [1.165, 1.54) is 5.56 Å². The second-order valence-corrected chi connectivity index (χ2v) is 4.93. The predicted molar refractivity (Wildman–Crippen MR) is 83.5 cm³/mol. The zero-order valence-corrected chi connectivity index (χ0v) is 11.7. The highest BCUT2D eigenvalue weighted by molar-refractivity contribution is 7.80. The Morgan fingerprint density at radius 3 is 2.74 bits per heavy atom. The second-order valence-electron chi connectivity index (χ2n) is 4.49. The molecule has 0 bridgehead atoms. The lowest BCUT2D eigenvalue weighted by atomic mass is 10.0. The van der Waals surface area contributed by atoms with Gasteiger partial charge < -0.3 is 11.1 Å². The van der Waals surface area contributed by atoms with Crippen molar-refractivity contribution in [2.75, 3.05) is 11.9 Å². The smallest absolute Gasteiger partial charge is 0.126 e. The lowest BCUT2D eigenvalue weighted by Crippen LogP contribution is -2.13. The van der Waals surface area contributed by atoms with Crippen LogP contribution in [0, 0.1) is 0 Å². The summed E-state index contributed by atoms with van der Waals surface area (Å²) in [4.78, 5) is 4.65. The molecule has 0 aliphatic rings. The Hall–Kier alpha value is -1.94. The van der Waals surface area contributed by atoms with Gasteiger partial charge in [0.2, 0.25) is 0 Å². The molecule has 0 saturated carbocycles. The second kappa shape index (κ2) is 6.29. The summed E-state index contributed by atoms with van der Waals surface area (Å²) >= 11 is 4.96. The fourth-order valence-corrected chi connectivity index (χ4v) is 1.96. The number of hydrogen-bond donors (Lipinski definition) is 2. The van der Waals surface area contributed by atoms with E-state index in [0.29, 0.717) is 10.9 Å². The Kier molecular flexibility index (Phi) is 4.47. The van der Waals surface area contributed by atoms with Crippen LogP contribution in [-0.4, -0.2) is 16.5 Å². The molecule has 0 fully saturated rings. The molecule has 3 nitrogen and oxygen atoms in total. The van der Waals surface area contributed by atoms with Crippen LogP contribution in [0.4, 0.5) is 5.82 Å². The van der Waals surface area contributed by atoms with Crippen molar-refractivity contribution in [3.63, 3.8) is 0 Å². The molecule has 2 aromatic rings. The number of aromatic nitrogens is 1. The van der Waals surface area contributed by atoms with Crippen molar-refractivity contribution in [2.24, 2.45) is 5.73 Å². The Morgan fingerprint density at radius 2 is 2.05 bits per heavy atom. The summed E-state index contributed by atoms with van der Waals surface area (Å²) in [6.07, 6.45) is 1.71. The van der Waals surface area contributed by atoms with Crippen LogP contribution < -0.4 is 11.1 Å². The van der Waals surface area contributed by atoms with Gasteiger partial charge in [-0.15, -0.1) is 0 Å². The molecule has 0 amide bonds. The van der Waals surface area contributed by atoms with E-state index in [1.54, 1.807) is 6.20 Å². The molecular formula is C15H17N3S. The van der Waals surface area contributed by atoms with Gasteiger partial charge in [-0.05, 0) is 23.6 Å². The monoisotopic (exact) mass is 271 g/mol. The van der Waals surface area contributed by atoms with Gasteiger partial charge in [-0.25, -0.2) is 4.98 Å². The number of thiocarbonyl (C=S) groups is 1. The number of anilines is 1. The third-order valence-electron chi connectivity index (χ3n) is 3.00. The first-order valence-corrected chi connectivity index (χ1v) is 6.62. The molecule has 0 aliphatic carbocycles. The Morgan fingerprint density at radius 1 is 1.32 bits per heavy atom. The predicted octanol–water partition coefficient (Wildman–Crippen LogP) is 2.93. The average Bonchev–Trinajstić information content (AvgIpc) is 2.46. The van der Waals surface area contributed by atoms with Crippen molar-refractivity contribution in [3.8, 4) is 0 Å². The summed E-state index contributed by atoms with van der Waals surface area (Å²) in [5.41, 5.74) is 7.74. The molecule has 0 radical (unpaired) electrons. The Balaban J connectivity index is 1.99. The molecule has 1 unspecified atom stereocenters. The molecule has 1 heterocycles. The van der Waals surface area contributed by atoms with Crippen molar-refractivity contribution < 1.29 is 0 Å². The van der Waals surface area contributed by atoms with Gasteiger partial charge in [-0.2, -0.15) is 0 Å². The van der Waals surface area contributed by atoms with Crippen molar-refractivity contribution in [3.05, 3.63) is 59.8 Å². The summed E-state index contributed by atoms with van der Waals surface area (Å²) in [5.74, 6) is 1.21. The third-order valence-corrected chi connectivity index (χ3v) is 3.24. The topological polar surface area (TPSA) is 50.9 Å². The normalized spacial score (nSPS) is 11.8. The summed E-state index contributed by atoms with van der Waals surface area (Å²) in [6, 6.07) is 14.1. The minimum Gasteiger partial charge on any atom is -0.389 e. The van der Waals surface area contributed by atoms with Crippen LogP contribution in [0.2, 0.25) is 0 Å². The van der Waals surface area contributed by atoms with Crippen molar-refractivity contribution >= 4 is 23.0 Å². The molecular weight excluding hydrogens is 254 g/mol. The van der Waals surface area contributed by atoms with Crippen LogP contribution in [0.15, 0.2) is 48.7 Å². The van der Waals surface area contributed by atoms with Gasteiger partial charge in [-0.1, -0.05) is 49.5 Å². The zero-order chi connectivity index (χ0) is 13.7. The molecule has 1 atom stereocenters. The molecule has 98 valence electrons. The molecule has 2 rings (SSSR count). The zero-order valence-electron chi connectivity index (χ0n) is 10.8. The first kappa shape index (κ1) is 13.5. The van der Waals surface area contributed by atoms with E-state index < -0.39 is 0 Å². The van der Waals surface area contributed by atoms with E-state index in [1.807, 2.05) is 18.2 Å². The lowest BCUT2D eigenvalue weighted by Gasteiger charge is -2.13. The molecule has 1 aromatic carbocycles. The van der Waals surface area contributed by atoms with Crippen LogP contribution in [0.1, 0.15) is 24.0 Å². The Labute approximate surface area is 118 Å². The van der Waals surface area contributed by atoms with Crippen LogP contribution in [0.3, 0.4) is 0 Å². The van der Waals surface area contributed by atoms with Gasteiger partial charge in [-0.3, -0.25) is 0 Å². The summed E-state index contributed by atoms with van der Waals surface area (Å²) < 4.78 is 0. The number of hydrogen-bond acceptors (Lipinski definition) is 3. The van der Waals surface area contributed by atoms with Gasteiger partial charge in [0.25, 0.3) is 0 Å². The number of nitrogens with one attached hydrogen (secondary N) is 1. The minimum absolute atomic E-state index is 0.390. The number of benzene rings is 1. The highest BCUT2D eigenvalue weighted by Crippen LogP contribution is 2.15. The van der Waals surface area contributed by atoms with E-state index >= 15 is 0 Å². The maximum atomic E-state index is 5.61. The average molecular weight is 271 g/mol. The summed E-state index contributed by atoms with van der Waals surface area (Å²) in [5, 5.41) is 3.31. The van der Waals surface area contributed by atoms with E-state index in [2.05, 4.69) is 41.5 Å². The maximum absolute atomic E-state index is 5.61. The number of nitrogens with two attached hydrogens (primary N) is 1. The molecule has 19 heavy (non-hydrogen) atoms. The van der Waals surface area contributed by atoms with E-state index in [4.69, 9.17) is 18.0 Å². The van der Waals surface area contributed by atoms with Crippen LogP contribution >= 0.6 is 12.2 Å². The number of nitrogens with zero attached hydrogens (tertiary/aromatic N) is 1. The quantitative estimate of drug-likeness (QED) is 0.821. The van der Waals surface area contributed by atoms with Crippen LogP contribution in [-0.2, 0) is 0 Å². The summed E-state index contributed by atoms with van der Waals surface area (Å²) in [7, 11) is 0. The van der Waals surface area contributed by atoms with E-state index in [0.717, 1.165) is 17.9 Å². The standard InChI is InChI=1S/C15H17N3S/c1-11(12-5-3-2-4-6-12)10-18-14-9-13(15(16)19)7-8-17-14/h2-9,11H,10H2,1H3,(H2,16,19)(H,17,18). The first-order valence-electron chi connectivity index (χ1n) is 6.21. The maximum Gasteiger partial charge on any atom is 0.126 e. The highest BCUT2D eigenvalue weighted by Gasteiger charge is 2.05.